The Morgan fingerprint density at radius 3 is 2.73 bits per heavy atom. The van der Waals surface area contributed by atoms with Crippen molar-refractivity contribution in [3.05, 3.63) is 0 Å². The summed E-state index contributed by atoms with van der Waals surface area (Å²) in [7, 11) is 0. The number of carbonyl (C=O) groups excluding carboxylic acids is 2. The van der Waals surface area contributed by atoms with Crippen molar-refractivity contribution in [1.29, 1.82) is 0 Å². The van der Waals surface area contributed by atoms with Crippen LogP contribution < -0.4 is 5.32 Å². The first kappa shape index (κ1) is 17.0. The van der Waals surface area contributed by atoms with Crippen LogP contribution in [0.15, 0.2) is 0 Å². The number of amides is 2. The summed E-state index contributed by atoms with van der Waals surface area (Å²) >= 11 is 0. The number of ether oxygens (including phenoxy) is 2. The van der Waals surface area contributed by atoms with Gasteiger partial charge in [0.2, 0.25) is 5.91 Å². The van der Waals surface area contributed by atoms with Crippen LogP contribution in [0.1, 0.15) is 34.6 Å². The van der Waals surface area contributed by atoms with Crippen molar-refractivity contribution in [1.82, 2.24) is 15.1 Å². The first-order chi connectivity index (χ1) is 10.1. The van der Waals surface area contributed by atoms with E-state index in [-0.39, 0.29) is 18.0 Å². The van der Waals surface area contributed by atoms with E-state index >= 15 is 0 Å². The highest BCUT2D eigenvalue weighted by Crippen LogP contribution is 2.29. The molecule has 2 aliphatic heterocycles. The molecule has 0 bridgehead atoms. The van der Waals surface area contributed by atoms with E-state index < -0.39 is 11.3 Å². The van der Waals surface area contributed by atoms with Crippen molar-refractivity contribution < 1.29 is 19.1 Å². The Morgan fingerprint density at radius 2 is 2.14 bits per heavy atom. The topological polar surface area (TPSA) is 71.1 Å². The second-order valence-electron chi connectivity index (χ2n) is 7.35. The van der Waals surface area contributed by atoms with Crippen LogP contribution in [-0.2, 0) is 14.3 Å². The van der Waals surface area contributed by atoms with Crippen LogP contribution in [-0.4, -0.2) is 72.0 Å². The molecule has 2 fully saturated rings. The molecule has 22 heavy (non-hydrogen) atoms. The van der Waals surface area contributed by atoms with Crippen molar-refractivity contribution in [3.63, 3.8) is 0 Å². The highest BCUT2D eigenvalue weighted by Gasteiger charge is 2.46. The standard InChI is InChI=1S/C15H27N3O4/c1-14(2,3)22-13(20)18-11(10-21-15(18,4)5)8-17-7-6-16-12(19)9-17/h11H,6-10H2,1-5H3,(H,16,19)/t11-/m1/s1. The first-order valence-electron chi connectivity index (χ1n) is 7.74. The predicted octanol–water partition coefficient (Wildman–Crippen LogP) is 0.790. The number of piperazine rings is 1. The minimum absolute atomic E-state index is 0.0215. The third-order valence-electron chi connectivity index (χ3n) is 3.75. The minimum Gasteiger partial charge on any atom is -0.444 e. The first-order valence-corrected chi connectivity index (χ1v) is 7.74. The molecule has 7 nitrogen and oxygen atoms in total. The molecule has 126 valence electrons. The molecule has 2 heterocycles. The van der Waals surface area contributed by atoms with Crippen molar-refractivity contribution in [3.8, 4) is 0 Å². The average Bonchev–Trinajstić information content (AvgIpc) is 2.62. The van der Waals surface area contributed by atoms with Crippen molar-refractivity contribution >= 4 is 12.0 Å². The van der Waals surface area contributed by atoms with Gasteiger partial charge in [0.25, 0.3) is 0 Å². The van der Waals surface area contributed by atoms with Gasteiger partial charge in [0, 0.05) is 19.6 Å². The van der Waals surface area contributed by atoms with Crippen LogP contribution in [0.2, 0.25) is 0 Å². The largest absolute Gasteiger partial charge is 0.444 e. The Balaban J connectivity index is 2.06. The summed E-state index contributed by atoms with van der Waals surface area (Å²) in [6, 6.07) is -0.115. The maximum absolute atomic E-state index is 12.5. The zero-order valence-electron chi connectivity index (χ0n) is 14.1. The lowest BCUT2D eigenvalue weighted by atomic mass is 10.2. The van der Waals surface area contributed by atoms with Crippen LogP contribution >= 0.6 is 0 Å². The molecular weight excluding hydrogens is 286 g/mol. The van der Waals surface area contributed by atoms with Gasteiger partial charge in [-0.25, -0.2) is 4.79 Å². The molecule has 0 unspecified atom stereocenters. The van der Waals surface area contributed by atoms with Crippen molar-refractivity contribution in [2.75, 3.05) is 32.8 Å². The van der Waals surface area contributed by atoms with E-state index in [2.05, 4.69) is 5.32 Å². The Bertz CT molecular complexity index is 445. The Morgan fingerprint density at radius 1 is 1.45 bits per heavy atom. The normalized spacial score (nSPS) is 26.0. The molecule has 0 saturated carbocycles. The zero-order valence-corrected chi connectivity index (χ0v) is 14.1. The van der Waals surface area contributed by atoms with Gasteiger partial charge in [-0.1, -0.05) is 0 Å². The van der Waals surface area contributed by atoms with Crippen LogP contribution in [0.4, 0.5) is 4.79 Å². The number of nitrogens with one attached hydrogen (secondary N) is 1. The molecule has 1 N–H and O–H groups in total. The van der Waals surface area contributed by atoms with Crippen LogP contribution in [0, 0.1) is 0 Å². The monoisotopic (exact) mass is 313 g/mol. The Kier molecular flexibility index (Phi) is 4.67. The number of nitrogens with zero attached hydrogens (tertiary/aromatic N) is 2. The van der Waals surface area contributed by atoms with Gasteiger partial charge in [-0.15, -0.1) is 0 Å². The molecule has 2 saturated heterocycles. The lowest BCUT2D eigenvalue weighted by molar-refractivity contribution is -0.124. The van der Waals surface area contributed by atoms with Crippen molar-refractivity contribution in [2.45, 2.75) is 52.0 Å². The summed E-state index contributed by atoms with van der Waals surface area (Å²) in [6.07, 6.45) is -0.374. The van der Waals surface area contributed by atoms with E-state index in [4.69, 9.17) is 9.47 Å². The van der Waals surface area contributed by atoms with E-state index in [0.29, 0.717) is 26.2 Å². The smallest absolute Gasteiger partial charge is 0.412 e. The fourth-order valence-electron chi connectivity index (χ4n) is 2.84. The second kappa shape index (κ2) is 6.04. The van der Waals surface area contributed by atoms with Gasteiger partial charge in [0.1, 0.15) is 11.3 Å². The summed E-state index contributed by atoms with van der Waals surface area (Å²) in [4.78, 5) is 27.7. The van der Waals surface area contributed by atoms with Gasteiger partial charge in [0.05, 0.1) is 19.2 Å². The molecule has 2 aliphatic rings. The predicted molar refractivity (Wildman–Crippen MR) is 81.3 cm³/mol. The minimum atomic E-state index is -0.703. The molecule has 1 atom stereocenters. The maximum atomic E-state index is 12.5. The molecule has 0 aromatic heterocycles. The quantitative estimate of drug-likeness (QED) is 0.816. The van der Waals surface area contributed by atoms with Crippen LogP contribution in [0.3, 0.4) is 0 Å². The van der Waals surface area contributed by atoms with Crippen LogP contribution in [0.25, 0.3) is 0 Å². The number of rotatable bonds is 2. The molecular formula is C15H27N3O4. The van der Waals surface area contributed by atoms with E-state index in [1.807, 2.05) is 39.5 Å². The zero-order chi connectivity index (χ0) is 16.5. The molecule has 0 aromatic carbocycles. The second-order valence-corrected chi connectivity index (χ2v) is 7.35. The fraction of sp³-hybridized carbons (Fsp3) is 0.867. The molecule has 2 amide bonds. The molecule has 0 radical (unpaired) electrons. The number of hydrogen-bond donors (Lipinski definition) is 1. The third-order valence-corrected chi connectivity index (χ3v) is 3.75. The number of carbonyl (C=O) groups is 2. The fourth-order valence-corrected chi connectivity index (χ4v) is 2.84. The highest BCUT2D eigenvalue weighted by molar-refractivity contribution is 5.78. The SMILES string of the molecule is CC(C)(C)OC(=O)N1[C@H](CN2CCNC(=O)C2)COC1(C)C. The Labute approximate surface area is 131 Å². The molecule has 2 rings (SSSR count). The summed E-state index contributed by atoms with van der Waals surface area (Å²) in [5, 5.41) is 2.80. The highest BCUT2D eigenvalue weighted by atomic mass is 16.6. The van der Waals surface area contributed by atoms with Gasteiger partial charge in [-0.2, -0.15) is 0 Å². The third kappa shape index (κ3) is 4.10. The molecule has 0 aliphatic carbocycles. The van der Waals surface area contributed by atoms with Gasteiger partial charge in [-0.3, -0.25) is 14.6 Å². The van der Waals surface area contributed by atoms with E-state index in [9.17, 15) is 9.59 Å². The summed E-state index contributed by atoms with van der Waals surface area (Å²) < 4.78 is 11.3. The maximum Gasteiger partial charge on any atom is 0.412 e. The summed E-state index contributed by atoms with van der Waals surface area (Å²) in [5.74, 6) is 0.0215. The molecule has 0 aromatic rings. The molecule has 7 heteroatoms. The lowest BCUT2D eigenvalue weighted by Crippen LogP contribution is -2.55. The number of hydrogen-bond acceptors (Lipinski definition) is 5. The Hall–Kier alpha value is -1.34. The summed E-state index contributed by atoms with van der Waals surface area (Å²) in [6.45, 7) is 12.1. The van der Waals surface area contributed by atoms with Gasteiger partial charge >= 0.3 is 6.09 Å². The van der Waals surface area contributed by atoms with Gasteiger partial charge < -0.3 is 14.8 Å². The van der Waals surface area contributed by atoms with Crippen molar-refractivity contribution in [2.24, 2.45) is 0 Å². The van der Waals surface area contributed by atoms with Gasteiger partial charge in [-0.05, 0) is 34.6 Å². The van der Waals surface area contributed by atoms with Gasteiger partial charge in [0.15, 0.2) is 0 Å². The van der Waals surface area contributed by atoms with E-state index in [0.717, 1.165) is 6.54 Å². The van der Waals surface area contributed by atoms with E-state index in [1.165, 1.54) is 0 Å². The van der Waals surface area contributed by atoms with Crippen LogP contribution in [0.5, 0.6) is 0 Å². The lowest BCUT2D eigenvalue weighted by Gasteiger charge is -2.37. The van der Waals surface area contributed by atoms with E-state index in [1.54, 1.807) is 4.90 Å². The average molecular weight is 313 g/mol. The molecule has 0 spiro atoms. The summed E-state index contributed by atoms with van der Waals surface area (Å²) in [5.41, 5.74) is -1.25.